The van der Waals surface area contributed by atoms with Crippen molar-refractivity contribution in [2.24, 2.45) is 0 Å². The number of benzene rings is 3. The number of fused-ring (bicyclic) bond motifs is 1. The van der Waals surface area contributed by atoms with Gasteiger partial charge in [0.15, 0.2) is 0 Å². The van der Waals surface area contributed by atoms with Crippen LogP contribution in [0.5, 0.6) is 0 Å². The van der Waals surface area contributed by atoms with Crippen molar-refractivity contribution in [2.45, 2.75) is 13.3 Å². The zero-order chi connectivity index (χ0) is 17.6. The molecule has 2 amide bonds. The second-order valence-corrected chi connectivity index (χ2v) is 5.93. The molecule has 0 atom stereocenters. The van der Waals surface area contributed by atoms with Crippen LogP contribution < -0.4 is 10.6 Å². The quantitative estimate of drug-likeness (QED) is 0.744. The second kappa shape index (κ2) is 7.62. The monoisotopic (exact) mass is 332 g/mol. The van der Waals surface area contributed by atoms with Gasteiger partial charge >= 0.3 is 0 Å². The first-order chi connectivity index (χ1) is 12.1. The van der Waals surface area contributed by atoms with Crippen LogP contribution in [0.2, 0.25) is 0 Å². The summed E-state index contributed by atoms with van der Waals surface area (Å²) >= 11 is 0. The van der Waals surface area contributed by atoms with Gasteiger partial charge in [-0.15, -0.1) is 0 Å². The molecule has 0 aliphatic carbocycles. The summed E-state index contributed by atoms with van der Waals surface area (Å²) in [5.41, 5.74) is 2.31. The maximum absolute atomic E-state index is 12.1. The van der Waals surface area contributed by atoms with Gasteiger partial charge < -0.3 is 10.6 Å². The SMILES string of the molecule is Cc1ccccc1C(=O)NCCC(=O)Nc1ccc2ccccc2c1. The Kier molecular flexibility index (Phi) is 5.09. The van der Waals surface area contributed by atoms with E-state index in [1.807, 2.05) is 67.6 Å². The highest BCUT2D eigenvalue weighted by atomic mass is 16.2. The number of anilines is 1. The summed E-state index contributed by atoms with van der Waals surface area (Å²) in [7, 11) is 0. The van der Waals surface area contributed by atoms with Gasteiger partial charge in [0.1, 0.15) is 0 Å². The minimum Gasteiger partial charge on any atom is -0.352 e. The largest absolute Gasteiger partial charge is 0.352 e. The number of rotatable bonds is 5. The summed E-state index contributed by atoms with van der Waals surface area (Å²) in [6.45, 7) is 2.19. The molecule has 3 aromatic rings. The summed E-state index contributed by atoms with van der Waals surface area (Å²) in [5, 5.41) is 7.86. The molecule has 4 nitrogen and oxygen atoms in total. The summed E-state index contributed by atoms with van der Waals surface area (Å²) < 4.78 is 0. The molecule has 25 heavy (non-hydrogen) atoms. The van der Waals surface area contributed by atoms with Gasteiger partial charge in [-0.2, -0.15) is 0 Å². The average molecular weight is 332 g/mol. The third-order valence-electron chi connectivity index (χ3n) is 4.06. The fourth-order valence-electron chi connectivity index (χ4n) is 2.70. The Morgan fingerprint density at radius 1 is 0.880 bits per heavy atom. The van der Waals surface area contributed by atoms with E-state index in [1.54, 1.807) is 6.07 Å². The summed E-state index contributed by atoms with van der Waals surface area (Å²) in [4.78, 5) is 24.2. The van der Waals surface area contributed by atoms with E-state index in [9.17, 15) is 9.59 Å². The Hall–Kier alpha value is -3.14. The number of hydrogen-bond donors (Lipinski definition) is 2. The van der Waals surface area contributed by atoms with Crippen molar-refractivity contribution in [3.63, 3.8) is 0 Å². The Bertz CT molecular complexity index is 918. The number of hydrogen-bond acceptors (Lipinski definition) is 2. The molecule has 0 heterocycles. The van der Waals surface area contributed by atoms with Crippen LogP contribution in [0.15, 0.2) is 66.7 Å². The maximum Gasteiger partial charge on any atom is 0.251 e. The van der Waals surface area contributed by atoms with E-state index >= 15 is 0 Å². The molecule has 0 saturated heterocycles. The van der Waals surface area contributed by atoms with Gasteiger partial charge in [-0.3, -0.25) is 9.59 Å². The number of carbonyl (C=O) groups excluding carboxylic acids is 2. The molecule has 0 unspecified atom stereocenters. The highest BCUT2D eigenvalue weighted by Crippen LogP contribution is 2.18. The smallest absolute Gasteiger partial charge is 0.251 e. The van der Waals surface area contributed by atoms with Crippen LogP contribution in [0.4, 0.5) is 5.69 Å². The van der Waals surface area contributed by atoms with E-state index in [0.29, 0.717) is 12.1 Å². The summed E-state index contributed by atoms with van der Waals surface area (Å²) in [6, 6.07) is 21.2. The highest BCUT2D eigenvalue weighted by Gasteiger charge is 2.09. The number of carbonyl (C=O) groups is 2. The van der Waals surface area contributed by atoms with Crippen LogP contribution in [-0.4, -0.2) is 18.4 Å². The minimum atomic E-state index is -0.156. The van der Waals surface area contributed by atoms with Crippen LogP contribution >= 0.6 is 0 Å². The summed E-state index contributed by atoms with van der Waals surface area (Å²) in [6.07, 6.45) is 0.227. The van der Waals surface area contributed by atoms with Crippen molar-refractivity contribution in [2.75, 3.05) is 11.9 Å². The van der Waals surface area contributed by atoms with Crippen molar-refractivity contribution in [3.05, 3.63) is 77.9 Å². The van der Waals surface area contributed by atoms with Gasteiger partial charge in [-0.05, 0) is 41.5 Å². The maximum atomic E-state index is 12.1. The third kappa shape index (κ3) is 4.23. The van der Waals surface area contributed by atoms with Gasteiger partial charge in [0, 0.05) is 24.2 Å². The van der Waals surface area contributed by atoms with Gasteiger partial charge in [0.2, 0.25) is 5.91 Å². The first kappa shape index (κ1) is 16.7. The van der Waals surface area contributed by atoms with Crippen molar-refractivity contribution in [1.82, 2.24) is 5.32 Å². The van der Waals surface area contributed by atoms with Crippen LogP contribution in [0.1, 0.15) is 22.3 Å². The van der Waals surface area contributed by atoms with Crippen LogP contribution in [0, 0.1) is 6.92 Å². The molecule has 0 aromatic heterocycles. The normalized spacial score (nSPS) is 10.4. The first-order valence-electron chi connectivity index (χ1n) is 8.26. The van der Waals surface area contributed by atoms with Crippen molar-refractivity contribution >= 4 is 28.3 Å². The lowest BCUT2D eigenvalue weighted by atomic mass is 10.1. The van der Waals surface area contributed by atoms with Gasteiger partial charge in [0.05, 0.1) is 0 Å². The predicted molar refractivity (Wildman–Crippen MR) is 101 cm³/mol. The fourth-order valence-corrected chi connectivity index (χ4v) is 2.70. The molecule has 0 saturated carbocycles. The topological polar surface area (TPSA) is 58.2 Å². The van der Waals surface area contributed by atoms with Crippen LogP contribution in [-0.2, 0) is 4.79 Å². The summed E-state index contributed by atoms with van der Waals surface area (Å²) in [5.74, 6) is -0.281. The lowest BCUT2D eigenvalue weighted by molar-refractivity contribution is -0.116. The van der Waals surface area contributed by atoms with Gasteiger partial charge in [-0.1, -0.05) is 48.5 Å². The second-order valence-electron chi connectivity index (χ2n) is 5.93. The molecular formula is C21H20N2O2. The molecule has 0 fully saturated rings. The molecule has 4 heteroatoms. The van der Waals surface area contributed by atoms with E-state index in [2.05, 4.69) is 10.6 Å². The molecule has 3 rings (SSSR count). The Labute approximate surface area is 146 Å². The molecule has 0 aliphatic rings. The Morgan fingerprint density at radius 3 is 2.40 bits per heavy atom. The highest BCUT2D eigenvalue weighted by molar-refractivity contribution is 5.97. The van der Waals surface area contributed by atoms with E-state index < -0.39 is 0 Å². The zero-order valence-electron chi connectivity index (χ0n) is 14.1. The molecule has 0 radical (unpaired) electrons. The lowest BCUT2D eigenvalue weighted by Gasteiger charge is -2.09. The Balaban J connectivity index is 1.52. The Morgan fingerprint density at radius 2 is 1.60 bits per heavy atom. The van der Waals surface area contributed by atoms with E-state index in [1.165, 1.54) is 0 Å². The predicted octanol–water partition coefficient (Wildman–Crippen LogP) is 3.91. The van der Waals surface area contributed by atoms with Crippen LogP contribution in [0.25, 0.3) is 10.8 Å². The fraction of sp³-hybridized carbons (Fsp3) is 0.143. The van der Waals surface area contributed by atoms with E-state index in [0.717, 1.165) is 22.0 Å². The molecular weight excluding hydrogens is 312 g/mol. The van der Waals surface area contributed by atoms with Crippen molar-refractivity contribution in [1.29, 1.82) is 0 Å². The van der Waals surface area contributed by atoms with Crippen LogP contribution in [0.3, 0.4) is 0 Å². The molecule has 0 aliphatic heterocycles. The number of amides is 2. The van der Waals surface area contributed by atoms with E-state index in [-0.39, 0.29) is 18.2 Å². The third-order valence-corrected chi connectivity index (χ3v) is 4.06. The van der Waals surface area contributed by atoms with Gasteiger partial charge in [0.25, 0.3) is 5.91 Å². The average Bonchev–Trinajstić information content (AvgIpc) is 2.62. The van der Waals surface area contributed by atoms with Crippen molar-refractivity contribution < 1.29 is 9.59 Å². The molecule has 126 valence electrons. The number of aryl methyl sites for hydroxylation is 1. The molecule has 0 spiro atoms. The number of nitrogens with one attached hydrogen (secondary N) is 2. The van der Waals surface area contributed by atoms with E-state index in [4.69, 9.17) is 0 Å². The molecule has 3 aromatic carbocycles. The molecule has 0 bridgehead atoms. The van der Waals surface area contributed by atoms with Crippen molar-refractivity contribution in [3.8, 4) is 0 Å². The standard InChI is InChI=1S/C21H20N2O2/c1-15-6-2-5-9-19(15)21(25)22-13-12-20(24)23-18-11-10-16-7-3-4-8-17(16)14-18/h2-11,14H,12-13H2,1H3,(H,22,25)(H,23,24). The first-order valence-corrected chi connectivity index (χ1v) is 8.26. The minimum absolute atomic E-state index is 0.125. The zero-order valence-corrected chi connectivity index (χ0v) is 14.1. The molecule has 2 N–H and O–H groups in total. The van der Waals surface area contributed by atoms with Gasteiger partial charge in [-0.25, -0.2) is 0 Å². The lowest BCUT2D eigenvalue weighted by Crippen LogP contribution is -2.28.